The fraction of sp³-hybridized carbons (Fsp3) is 0. The van der Waals surface area contributed by atoms with Crippen LogP contribution in [0.3, 0.4) is 0 Å². The fourth-order valence-electron chi connectivity index (χ4n) is 8.56. The van der Waals surface area contributed by atoms with Crippen molar-refractivity contribution >= 4 is 77.4 Å². The fourth-order valence-corrected chi connectivity index (χ4v) is 14.4. The average molecular weight is 762 g/mol. The van der Waals surface area contributed by atoms with Gasteiger partial charge in [-0.15, -0.1) is 11.3 Å². The SMILES string of the molecule is c1ccc(-c2cccc(N(c3cccc([Si](c4ccccc4)(c4ccccc4)c4ccccc4)c3)c3ccc4sc5ccc(-c6ccccc6)cc5c4c3)c2)cc1. The Labute approximate surface area is 339 Å². The van der Waals surface area contributed by atoms with Crippen LogP contribution in [0.4, 0.5) is 17.1 Å². The molecule has 3 heteroatoms. The number of hydrogen-bond acceptors (Lipinski definition) is 2. The molecule has 0 atom stereocenters. The van der Waals surface area contributed by atoms with E-state index in [1.807, 2.05) is 11.3 Å². The minimum Gasteiger partial charge on any atom is -0.310 e. The first-order valence-electron chi connectivity index (χ1n) is 19.5. The minimum atomic E-state index is -2.78. The van der Waals surface area contributed by atoms with Gasteiger partial charge in [0, 0.05) is 37.2 Å². The second kappa shape index (κ2) is 15.0. The van der Waals surface area contributed by atoms with Crippen LogP contribution in [0.5, 0.6) is 0 Å². The summed E-state index contributed by atoms with van der Waals surface area (Å²) < 4.78 is 2.58. The first kappa shape index (κ1) is 34.7. The van der Waals surface area contributed by atoms with E-state index in [1.54, 1.807) is 0 Å². The van der Waals surface area contributed by atoms with Crippen molar-refractivity contribution in [3.05, 3.63) is 237 Å². The van der Waals surface area contributed by atoms with Crippen molar-refractivity contribution in [2.75, 3.05) is 4.90 Å². The van der Waals surface area contributed by atoms with Crippen LogP contribution in [0.1, 0.15) is 0 Å². The van der Waals surface area contributed by atoms with Crippen LogP contribution < -0.4 is 25.6 Å². The molecule has 0 aliphatic rings. The molecule has 0 aliphatic heterocycles. The zero-order valence-electron chi connectivity index (χ0n) is 31.4. The molecular weight excluding hydrogens is 723 g/mol. The van der Waals surface area contributed by atoms with Crippen LogP contribution in [-0.2, 0) is 0 Å². The molecule has 0 saturated heterocycles. The molecule has 0 aliphatic carbocycles. The van der Waals surface area contributed by atoms with Crippen molar-refractivity contribution in [3.8, 4) is 22.3 Å². The standard InChI is InChI=1S/C54H39NSSi/c1-6-18-40(19-7-1)42-22-16-23-44(36-42)55(46-33-35-54-52(39-46)51-37-43(32-34-53(51)56-54)41-20-8-2-9-21-41)45-24-17-31-50(38-45)57(47-25-10-3-11-26-47,48-27-12-4-13-28-48)49-29-14-5-15-30-49/h1-39H. The van der Waals surface area contributed by atoms with E-state index in [4.69, 9.17) is 0 Å². The Morgan fingerprint density at radius 2 is 0.684 bits per heavy atom. The van der Waals surface area contributed by atoms with Crippen molar-refractivity contribution in [2.45, 2.75) is 0 Å². The molecule has 1 nitrogen and oxygen atoms in total. The van der Waals surface area contributed by atoms with Crippen LogP contribution >= 0.6 is 11.3 Å². The minimum absolute atomic E-state index is 1.11. The molecule has 0 bridgehead atoms. The third-order valence-corrected chi connectivity index (χ3v) is 17.1. The molecule has 10 aromatic rings. The first-order valence-corrected chi connectivity index (χ1v) is 22.3. The Morgan fingerprint density at radius 1 is 0.281 bits per heavy atom. The van der Waals surface area contributed by atoms with E-state index in [9.17, 15) is 0 Å². The van der Waals surface area contributed by atoms with Gasteiger partial charge in [-0.25, -0.2) is 0 Å². The molecule has 0 unspecified atom stereocenters. The van der Waals surface area contributed by atoms with Gasteiger partial charge in [-0.2, -0.15) is 0 Å². The van der Waals surface area contributed by atoms with Crippen LogP contribution in [0.15, 0.2) is 237 Å². The van der Waals surface area contributed by atoms with Crippen molar-refractivity contribution in [2.24, 2.45) is 0 Å². The van der Waals surface area contributed by atoms with Crippen LogP contribution in [0.25, 0.3) is 42.4 Å². The highest BCUT2D eigenvalue weighted by Crippen LogP contribution is 2.42. The van der Waals surface area contributed by atoms with Gasteiger partial charge in [0.25, 0.3) is 0 Å². The van der Waals surface area contributed by atoms with Crippen molar-refractivity contribution in [1.82, 2.24) is 0 Å². The number of fused-ring (bicyclic) bond motifs is 3. The Morgan fingerprint density at radius 3 is 1.25 bits per heavy atom. The summed E-state index contributed by atoms with van der Waals surface area (Å²) in [6, 6.07) is 87.2. The van der Waals surface area contributed by atoms with Gasteiger partial charge in [0.15, 0.2) is 8.07 Å². The maximum Gasteiger partial charge on any atom is 0.179 e. The quantitative estimate of drug-likeness (QED) is 0.105. The molecule has 10 rings (SSSR count). The summed E-state index contributed by atoms with van der Waals surface area (Å²) in [7, 11) is -2.78. The third-order valence-electron chi connectivity index (χ3n) is 11.2. The normalized spacial score (nSPS) is 11.5. The molecule has 9 aromatic carbocycles. The highest BCUT2D eigenvalue weighted by atomic mass is 32.1. The van der Waals surface area contributed by atoms with E-state index in [2.05, 4.69) is 241 Å². The lowest BCUT2D eigenvalue weighted by atomic mass is 10.0. The van der Waals surface area contributed by atoms with Crippen LogP contribution in [0, 0.1) is 0 Å². The number of benzene rings is 9. The molecule has 0 fully saturated rings. The van der Waals surface area contributed by atoms with E-state index in [-0.39, 0.29) is 0 Å². The summed E-state index contributed by atoms with van der Waals surface area (Å²) in [6.45, 7) is 0. The molecule has 57 heavy (non-hydrogen) atoms. The Bertz CT molecular complexity index is 2850. The molecule has 0 spiro atoms. The largest absolute Gasteiger partial charge is 0.310 e. The summed E-state index contributed by atoms with van der Waals surface area (Å²) in [6.07, 6.45) is 0. The summed E-state index contributed by atoms with van der Waals surface area (Å²) in [5.74, 6) is 0. The van der Waals surface area contributed by atoms with E-state index < -0.39 is 8.07 Å². The molecule has 0 amide bonds. The van der Waals surface area contributed by atoms with E-state index >= 15 is 0 Å². The van der Waals surface area contributed by atoms with E-state index in [1.165, 1.54) is 63.2 Å². The lowest BCUT2D eigenvalue weighted by molar-refractivity contribution is 1.29. The molecule has 1 aromatic heterocycles. The topological polar surface area (TPSA) is 3.24 Å². The lowest BCUT2D eigenvalue weighted by Crippen LogP contribution is -2.74. The maximum absolute atomic E-state index is 2.78. The maximum atomic E-state index is 2.47. The number of thiophene rings is 1. The van der Waals surface area contributed by atoms with Gasteiger partial charge >= 0.3 is 0 Å². The summed E-state index contributed by atoms with van der Waals surface area (Å²) in [4.78, 5) is 2.46. The highest BCUT2D eigenvalue weighted by Gasteiger charge is 2.41. The van der Waals surface area contributed by atoms with Crippen molar-refractivity contribution in [1.29, 1.82) is 0 Å². The van der Waals surface area contributed by atoms with Crippen molar-refractivity contribution < 1.29 is 0 Å². The van der Waals surface area contributed by atoms with Gasteiger partial charge in [0.05, 0.1) is 0 Å². The first-order chi connectivity index (χ1) is 28.3. The van der Waals surface area contributed by atoms with E-state index in [0.29, 0.717) is 0 Å². The summed E-state index contributed by atoms with van der Waals surface area (Å²) in [5.41, 5.74) is 8.22. The van der Waals surface area contributed by atoms with Gasteiger partial charge in [0.1, 0.15) is 0 Å². The zero-order chi connectivity index (χ0) is 38.0. The Hall–Kier alpha value is -6.78. The molecule has 270 valence electrons. The van der Waals surface area contributed by atoms with Gasteiger partial charge in [-0.05, 0) is 97.6 Å². The number of nitrogens with zero attached hydrogens (tertiary/aromatic N) is 1. The molecule has 0 N–H and O–H groups in total. The van der Waals surface area contributed by atoms with Crippen LogP contribution in [0.2, 0.25) is 0 Å². The second-order valence-corrected chi connectivity index (χ2v) is 19.4. The molecule has 0 saturated carbocycles. The predicted molar refractivity (Wildman–Crippen MR) is 249 cm³/mol. The Kier molecular flexibility index (Phi) is 9.15. The molecular formula is C54H39NSSi. The predicted octanol–water partition coefficient (Wildman–Crippen LogP) is 12.2. The zero-order valence-corrected chi connectivity index (χ0v) is 33.2. The smallest absolute Gasteiger partial charge is 0.179 e. The number of hydrogen-bond donors (Lipinski definition) is 0. The van der Waals surface area contributed by atoms with Gasteiger partial charge in [-0.1, -0.05) is 182 Å². The summed E-state index contributed by atoms with van der Waals surface area (Å²) in [5, 5.41) is 7.97. The lowest BCUT2D eigenvalue weighted by Gasteiger charge is -2.35. The Balaban J connectivity index is 1.21. The number of rotatable bonds is 9. The average Bonchev–Trinajstić information content (AvgIpc) is 3.66. The second-order valence-electron chi connectivity index (χ2n) is 14.5. The van der Waals surface area contributed by atoms with E-state index in [0.717, 1.165) is 17.1 Å². The molecule has 0 radical (unpaired) electrons. The van der Waals surface area contributed by atoms with Gasteiger partial charge in [0.2, 0.25) is 0 Å². The van der Waals surface area contributed by atoms with Crippen molar-refractivity contribution in [3.63, 3.8) is 0 Å². The summed E-state index contributed by atoms with van der Waals surface area (Å²) >= 11 is 1.86. The van der Waals surface area contributed by atoms with Gasteiger partial charge in [-0.3, -0.25) is 0 Å². The molecule has 1 heterocycles. The highest BCUT2D eigenvalue weighted by molar-refractivity contribution is 7.25. The third kappa shape index (κ3) is 6.37. The van der Waals surface area contributed by atoms with Crippen LogP contribution in [-0.4, -0.2) is 8.07 Å². The number of anilines is 3. The monoisotopic (exact) mass is 761 g/mol. The van der Waals surface area contributed by atoms with Gasteiger partial charge < -0.3 is 4.90 Å².